The normalized spacial score (nSPS) is 19.4. The van der Waals surface area contributed by atoms with E-state index in [0.717, 1.165) is 11.1 Å². The Hall–Kier alpha value is -1.19. The molecule has 0 bridgehead atoms. The maximum absolute atomic E-state index is 12.3. The first-order chi connectivity index (χ1) is 4.61. The van der Waals surface area contributed by atoms with Crippen LogP contribution in [0.5, 0.6) is 0 Å². The summed E-state index contributed by atoms with van der Waals surface area (Å²) in [5.74, 6) is -1.95. The van der Waals surface area contributed by atoms with Gasteiger partial charge in [0.2, 0.25) is 11.7 Å². The number of allylic oxidation sites excluding steroid dienone is 1. The fourth-order valence-electron chi connectivity index (χ4n) is 0.660. The molecule has 0 spiro atoms. The Labute approximate surface area is 57.1 Å². The minimum Gasteiger partial charge on any atom is -0.319 e. The molecule has 1 rings (SSSR count). The Morgan fingerprint density at radius 2 is 2.20 bits per heavy atom. The minimum atomic E-state index is -0.845. The van der Waals surface area contributed by atoms with Crippen molar-refractivity contribution < 1.29 is 14.0 Å². The Morgan fingerprint density at radius 3 is 2.70 bits per heavy atom. The Balaban J connectivity index is 2.89. The highest BCUT2D eigenvalue weighted by Gasteiger charge is 2.22. The number of amides is 1. The van der Waals surface area contributed by atoms with Gasteiger partial charge in [0.25, 0.3) is 0 Å². The number of ketones is 1. The van der Waals surface area contributed by atoms with E-state index in [0.29, 0.717) is 0 Å². The van der Waals surface area contributed by atoms with Gasteiger partial charge in [0.05, 0.1) is 6.42 Å². The second-order valence-corrected chi connectivity index (χ2v) is 2.08. The van der Waals surface area contributed by atoms with Gasteiger partial charge in [0.1, 0.15) is 0 Å². The lowest BCUT2D eigenvalue weighted by atomic mass is 10.2. The van der Waals surface area contributed by atoms with Gasteiger partial charge in [-0.05, 0) is 0 Å². The number of halogens is 1. The molecule has 54 valence electrons. The smallest absolute Gasteiger partial charge is 0.234 e. The molecule has 0 aromatic rings. The molecule has 4 heteroatoms. The lowest BCUT2D eigenvalue weighted by Crippen LogP contribution is -2.28. The summed E-state index contributed by atoms with van der Waals surface area (Å²) in [5.41, 5.74) is 0. The standard InChI is InChI=1S/C6H6FNO2/c1-8-3-4(7)5(9)2-6(8)10/h3H,2H2,1H3. The molecule has 0 N–H and O–H groups in total. The van der Waals surface area contributed by atoms with Gasteiger partial charge >= 0.3 is 0 Å². The molecule has 3 nitrogen and oxygen atoms in total. The van der Waals surface area contributed by atoms with Crippen LogP contribution in [0.4, 0.5) is 4.39 Å². The van der Waals surface area contributed by atoms with E-state index in [2.05, 4.69) is 0 Å². The SMILES string of the molecule is CN1C=C(F)C(=O)CC1=O. The van der Waals surface area contributed by atoms with Crippen molar-refractivity contribution >= 4 is 11.7 Å². The summed E-state index contributed by atoms with van der Waals surface area (Å²) >= 11 is 0. The summed E-state index contributed by atoms with van der Waals surface area (Å²) in [4.78, 5) is 22.2. The van der Waals surface area contributed by atoms with E-state index in [1.54, 1.807) is 0 Å². The molecule has 1 aliphatic heterocycles. The zero-order chi connectivity index (χ0) is 7.72. The third kappa shape index (κ3) is 1.05. The average Bonchev–Trinajstić information content (AvgIpc) is 1.84. The number of carbonyl (C=O) groups excluding carboxylic acids is 2. The fourth-order valence-corrected chi connectivity index (χ4v) is 0.660. The largest absolute Gasteiger partial charge is 0.319 e. The molecule has 0 unspecified atom stereocenters. The number of Topliss-reactive ketones (excluding diaryl/α,β-unsaturated/α-hetero) is 1. The molecule has 0 atom stereocenters. The highest BCUT2D eigenvalue weighted by atomic mass is 19.1. The van der Waals surface area contributed by atoms with Crippen molar-refractivity contribution in [2.24, 2.45) is 0 Å². The highest BCUT2D eigenvalue weighted by molar-refractivity contribution is 6.08. The Bertz CT molecular complexity index is 222. The van der Waals surface area contributed by atoms with Crippen molar-refractivity contribution in [3.63, 3.8) is 0 Å². The van der Waals surface area contributed by atoms with Crippen LogP contribution in [0.25, 0.3) is 0 Å². The van der Waals surface area contributed by atoms with Crippen molar-refractivity contribution in [2.45, 2.75) is 6.42 Å². The molecule has 0 aromatic carbocycles. The molecule has 10 heavy (non-hydrogen) atoms. The second-order valence-electron chi connectivity index (χ2n) is 2.08. The molecule has 0 saturated carbocycles. The number of hydrogen-bond donors (Lipinski definition) is 0. The summed E-state index contributed by atoms with van der Waals surface area (Å²) in [7, 11) is 1.41. The predicted molar refractivity (Wildman–Crippen MR) is 31.6 cm³/mol. The summed E-state index contributed by atoms with van der Waals surface area (Å²) in [5, 5.41) is 0. The Morgan fingerprint density at radius 1 is 1.60 bits per heavy atom. The van der Waals surface area contributed by atoms with Crippen molar-refractivity contribution in [3.05, 3.63) is 12.0 Å². The maximum atomic E-state index is 12.3. The molecule has 1 heterocycles. The van der Waals surface area contributed by atoms with E-state index in [9.17, 15) is 14.0 Å². The zero-order valence-corrected chi connectivity index (χ0v) is 5.43. The predicted octanol–water partition coefficient (Wildman–Crippen LogP) is 0.228. The Kier molecular flexibility index (Phi) is 1.53. The summed E-state index contributed by atoms with van der Waals surface area (Å²) < 4.78 is 12.3. The molecule has 0 aliphatic carbocycles. The van der Waals surface area contributed by atoms with E-state index >= 15 is 0 Å². The number of rotatable bonds is 0. The zero-order valence-electron chi connectivity index (χ0n) is 5.43. The average molecular weight is 143 g/mol. The number of hydrogen-bond acceptors (Lipinski definition) is 2. The van der Waals surface area contributed by atoms with E-state index in [1.807, 2.05) is 0 Å². The van der Waals surface area contributed by atoms with E-state index in [1.165, 1.54) is 7.05 Å². The number of carbonyl (C=O) groups is 2. The van der Waals surface area contributed by atoms with Crippen molar-refractivity contribution in [1.29, 1.82) is 0 Å². The van der Waals surface area contributed by atoms with Crippen LogP contribution in [0, 0.1) is 0 Å². The molecule has 0 saturated heterocycles. The van der Waals surface area contributed by atoms with Gasteiger partial charge in [-0.3, -0.25) is 9.59 Å². The first kappa shape index (κ1) is 6.92. The molecular weight excluding hydrogens is 137 g/mol. The van der Waals surface area contributed by atoms with Crippen LogP contribution in [0.3, 0.4) is 0 Å². The third-order valence-electron chi connectivity index (χ3n) is 1.28. The summed E-state index contributed by atoms with van der Waals surface area (Å²) in [6, 6.07) is 0. The molecule has 0 fully saturated rings. The minimum absolute atomic E-state index is 0.348. The first-order valence-electron chi connectivity index (χ1n) is 2.77. The maximum Gasteiger partial charge on any atom is 0.234 e. The number of nitrogens with zero attached hydrogens (tertiary/aromatic N) is 1. The quantitative estimate of drug-likeness (QED) is 0.455. The van der Waals surface area contributed by atoms with Gasteiger partial charge in [-0.15, -0.1) is 0 Å². The molecule has 1 aliphatic rings. The van der Waals surface area contributed by atoms with Crippen molar-refractivity contribution in [1.82, 2.24) is 4.90 Å². The van der Waals surface area contributed by atoms with Gasteiger partial charge in [0.15, 0.2) is 5.83 Å². The van der Waals surface area contributed by atoms with Crippen LogP contribution in [-0.2, 0) is 9.59 Å². The summed E-state index contributed by atoms with van der Waals surface area (Å²) in [6.07, 6.45) is 0.549. The molecular formula is C6H6FNO2. The van der Waals surface area contributed by atoms with Gasteiger partial charge in [0, 0.05) is 13.2 Å². The first-order valence-corrected chi connectivity index (χ1v) is 2.77. The molecule has 0 radical (unpaired) electrons. The topological polar surface area (TPSA) is 37.4 Å². The molecule has 1 amide bonds. The fraction of sp³-hybridized carbons (Fsp3) is 0.333. The van der Waals surface area contributed by atoms with Gasteiger partial charge in [-0.1, -0.05) is 0 Å². The summed E-state index contributed by atoms with van der Waals surface area (Å²) in [6.45, 7) is 0. The van der Waals surface area contributed by atoms with E-state index in [-0.39, 0.29) is 12.3 Å². The van der Waals surface area contributed by atoms with Crippen LogP contribution < -0.4 is 0 Å². The lowest BCUT2D eigenvalue weighted by molar-refractivity contribution is -0.133. The van der Waals surface area contributed by atoms with Gasteiger partial charge < -0.3 is 4.90 Å². The lowest BCUT2D eigenvalue weighted by Gasteiger charge is -2.15. The highest BCUT2D eigenvalue weighted by Crippen LogP contribution is 2.10. The van der Waals surface area contributed by atoms with Crippen molar-refractivity contribution in [3.8, 4) is 0 Å². The van der Waals surface area contributed by atoms with Gasteiger partial charge in [-0.2, -0.15) is 0 Å². The molecule has 0 aromatic heterocycles. The van der Waals surface area contributed by atoms with Crippen LogP contribution in [0.2, 0.25) is 0 Å². The van der Waals surface area contributed by atoms with Gasteiger partial charge in [-0.25, -0.2) is 4.39 Å². The second kappa shape index (κ2) is 2.21. The van der Waals surface area contributed by atoms with Crippen LogP contribution in [-0.4, -0.2) is 23.6 Å². The van der Waals surface area contributed by atoms with Crippen LogP contribution in [0.15, 0.2) is 12.0 Å². The van der Waals surface area contributed by atoms with Crippen LogP contribution in [0.1, 0.15) is 6.42 Å². The van der Waals surface area contributed by atoms with Crippen LogP contribution >= 0.6 is 0 Å². The van der Waals surface area contributed by atoms with Crippen molar-refractivity contribution in [2.75, 3.05) is 7.05 Å². The monoisotopic (exact) mass is 143 g/mol. The third-order valence-corrected chi connectivity index (χ3v) is 1.28. The van der Waals surface area contributed by atoms with E-state index in [4.69, 9.17) is 0 Å². The van der Waals surface area contributed by atoms with E-state index < -0.39 is 11.6 Å².